The lowest BCUT2D eigenvalue weighted by Gasteiger charge is -2.46. The molecule has 168 valence electrons. The standard InChI is InChI=1S/C26H34BrNO3/c1-3-5-17-31-24-20-28(19-21-11-7-6-8-12-21)16-15-26(24,25(29)30-4-2)18-22-13-9-10-14-23(22)27/h6-14,24H,3-5,15-20H2,1-2H3. The maximum absolute atomic E-state index is 13.4. The molecule has 4 nitrogen and oxygen atoms in total. The molecule has 0 N–H and O–H groups in total. The molecular formula is C26H34BrNO3. The van der Waals surface area contributed by atoms with Crippen LogP contribution in [-0.2, 0) is 27.2 Å². The molecule has 0 aliphatic carbocycles. The molecule has 1 heterocycles. The van der Waals surface area contributed by atoms with Crippen LogP contribution in [0.2, 0.25) is 0 Å². The molecule has 0 radical (unpaired) electrons. The molecule has 1 fully saturated rings. The monoisotopic (exact) mass is 487 g/mol. The van der Waals surface area contributed by atoms with E-state index in [-0.39, 0.29) is 12.1 Å². The van der Waals surface area contributed by atoms with E-state index >= 15 is 0 Å². The van der Waals surface area contributed by atoms with Crippen LogP contribution in [0.3, 0.4) is 0 Å². The zero-order valence-corrected chi connectivity index (χ0v) is 20.3. The highest BCUT2D eigenvalue weighted by Gasteiger charge is 2.51. The average molecular weight is 488 g/mol. The van der Waals surface area contributed by atoms with Gasteiger partial charge in [-0.1, -0.05) is 77.8 Å². The second-order valence-corrected chi connectivity index (χ2v) is 9.18. The highest BCUT2D eigenvalue weighted by atomic mass is 79.9. The van der Waals surface area contributed by atoms with Crippen LogP contribution in [0.25, 0.3) is 0 Å². The fourth-order valence-corrected chi connectivity index (χ4v) is 4.78. The van der Waals surface area contributed by atoms with Crippen LogP contribution in [0.4, 0.5) is 0 Å². The second kappa shape index (κ2) is 11.8. The van der Waals surface area contributed by atoms with Crippen molar-refractivity contribution in [2.75, 3.05) is 26.3 Å². The van der Waals surface area contributed by atoms with Gasteiger partial charge in [0, 0.05) is 24.2 Å². The fraction of sp³-hybridized carbons (Fsp3) is 0.500. The van der Waals surface area contributed by atoms with Crippen LogP contribution in [0.1, 0.15) is 44.2 Å². The quantitative estimate of drug-likeness (QED) is 0.321. The largest absolute Gasteiger partial charge is 0.465 e. The number of hydrogen-bond donors (Lipinski definition) is 0. The molecule has 1 aliphatic rings. The lowest BCUT2D eigenvalue weighted by molar-refractivity contribution is -0.175. The van der Waals surface area contributed by atoms with Crippen molar-refractivity contribution in [1.29, 1.82) is 0 Å². The van der Waals surface area contributed by atoms with Crippen molar-refractivity contribution < 1.29 is 14.3 Å². The van der Waals surface area contributed by atoms with E-state index in [9.17, 15) is 4.79 Å². The SMILES string of the molecule is CCCCOC1CN(Cc2ccccc2)CCC1(Cc1ccccc1Br)C(=O)OCC. The maximum atomic E-state index is 13.4. The smallest absolute Gasteiger partial charge is 0.315 e. The van der Waals surface area contributed by atoms with Gasteiger partial charge in [-0.3, -0.25) is 9.69 Å². The third-order valence-electron chi connectivity index (χ3n) is 6.13. The molecule has 0 saturated carbocycles. The van der Waals surface area contributed by atoms with Gasteiger partial charge in [-0.15, -0.1) is 0 Å². The Labute approximate surface area is 195 Å². The Hall–Kier alpha value is -1.69. The van der Waals surface area contributed by atoms with Crippen molar-refractivity contribution in [1.82, 2.24) is 4.90 Å². The minimum Gasteiger partial charge on any atom is -0.465 e. The number of carbonyl (C=O) groups excluding carboxylic acids is 1. The Morgan fingerprint density at radius 1 is 1.13 bits per heavy atom. The Morgan fingerprint density at radius 3 is 2.58 bits per heavy atom. The Kier molecular flexibility index (Phi) is 9.12. The summed E-state index contributed by atoms with van der Waals surface area (Å²) in [7, 11) is 0. The van der Waals surface area contributed by atoms with E-state index in [0.29, 0.717) is 19.6 Å². The van der Waals surface area contributed by atoms with Crippen molar-refractivity contribution in [2.24, 2.45) is 5.41 Å². The van der Waals surface area contributed by atoms with Gasteiger partial charge in [0.1, 0.15) is 5.41 Å². The first-order chi connectivity index (χ1) is 15.1. The van der Waals surface area contributed by atoms with Crippen LogP contribution in [0, 0.1) is 5.41 Å². The molecular weight excluding hydrogens is 454 g/mol. The van der Waals surface area contributed by atoms with Crippen LogP contribution < -0.4 is 0 Å². The molecule has 3 rings (SSSR count). The van der Waals surface area contributed by atoms with Crippen molar-refractivity contribution in [3.63, 3.8) is 0 Å². The third kappa shape index (κ3) is 6.18. The Balaban J connectivity index is 1.88. The summed E-state index contributed by atoms with van der Waals surface area (Å²) >= 11 is 3.67. The molecule has 5 heteroatoms. The van der Waals surface area contributed by atoms with Crippen LogP contribution in [0.5, 0.6) is 0 Å². The predicted molar refractivity (Wildman–Crippen MR) is 128 cm³/mol. The fourth-order valence-electron chi connectivity index (χ4n) is 4.35. The van der Waals surface area contributed by atoms with Crippen LogP contribution in [0.15, 0.2) is 59.1 Å². The van der Waals surface area contributed by atoms with Crippen molar-refractivity contribution >= 4 is 21.9 Å². The van der Waals surface area contributed by atoms with Crippen molar-refractivity contribution in [2.45, 2.75) is 52.2 Å². The van der Waals surface area contributed by atoms with Crippen LogP contribution >= 0.6 is 15.9 Å². The van der Waals surface area contributed by atoms with Gasteiger partial charge >= 0.3 is 5.97 Å². The lowest BCUT2D eigenvalue weighted by Crippen LogP contribution is -2.57. The zero-order valence-electron chi connectivity index (χ0n) is 18.7. The van der Waals surface area contributed by atoms with Gasteiger partial charge in [0.25, 0.3) is 0 Å². The average Bonchev–Trinajstić information content (AvgIpc) is 2.78. The highest BCUT2D eigenvalue weighted by Crippen LogP contribution is 2.40. The summed E-state index contributed by atoms with van der Waals surface area (Å²) in [5.41, 5.74) is 1.72. The minimum atomic E-state index is -0.680. The topological polar surface area (TPSA) is 38.8 Å². The van der Waals surface area contributed by atoms with Crippen molar-refractivity contribution in [3.8, 4) is 0 Å². The van der Waals surface area contributed by atoms with E-state index in [0.717, 1.165) is 48.9 Å². The van der Waals surface area contributed by atoms with Gasteiger partial charge in [0.15, 0.2) is 0 Å². The Morgan fingerprint density at radius 2 is 1.87 bits per heavy atom. The van der Waals surface area contributed by atoms with E-state index in [1.807, 2.05) is 31.2 Å². The van der Waals surface area contributed by atoms with Gasteiger partial charge < -0.3 is 9.47 Å². The van der Waals surface area contributed by atoms with Gasteiger partial charge in [-0.25, -0.2) is 0 Å². The number of piperidine rings is 1. The molecule has 0 aromatic heterocycles. The molecule has 1 saturated heterocycles. The third-order valence-corrected chi connectivity index (χ3v) is 6.90. The zero-order chi connectivity index (χ0) is 22.1. The number of unbranched alkanes of at least 4 members (excludes halogenated alkanes) is 1. The number of halogens is 1. The number of benzene rings is 2. The van der Waals surface area contributed by atoms with E-state index in [2.05, 4.69) is 58.1 Å². The summed E-state index contributed by atoms with van der Waals surface area (Å²) in [6.07, 6.45) is 3.18. The second-order valence-electron chi connectivity index (χ2n) is 8.33. The minimum absolute atomic E-state index is 0.133. The normalized spacial score (nSPS) is 21.7. The Bertz CT molecular complexity index is 828. The van der Waals surface area contributed by atoms with E-state index in [1.165, 1.54) is 5.56 Å². The molecule has 0 spiro atoms. The number of ether oxygens (including phenoxy) is 2. The highest BCUT2D eigenvalue weighted by molar-refractivity contribution is 9.10. The number of rotatable bonds is 10. The van der Waals surface area contributed by atoms with E-state index in [4.69, 9.17) is 9.47 Å². The van der Waals surface area contributed by atoms with Gasteiger partial charge in [-0.05, 0) is 49.9 Å². The number of esters is 1. The van der Waals surface area contributed by atoms with E-state index < -0.39 is 5.41 Å². The summed E-state index contributed by atoms with van der Waals surface area (Å²) in [6.45, 7) is 7.51. The molecule has 2 aromatic rings. The first kappa shape index (κ1) is 24.0. The van der Waals surface area contributed by atoms with Crippen molar-refractivity contribution in [3.05, 3.63) is 70.2 Å². The number of hydrogen-bond acceptors (Lipinski definition) is 4. The van der Waals surface area contributed by atoms with Gasteiger partial charge in [-0.2, -0.15) is 0 Å². The molecule has 2 unspecified atom stereocenters. The number of nitrogens with zero attached hydrogens (tertiary/aromatic N) is 1. The molecule has 0 bridgehead atoms. The van der Waals surface area contributed by atoms with E-state index in [1.54, 1.807) is 0 Å². The molecule has 31 heavy (non-hydrogen) atoms. The first-order valence-corrected chi connectivity index (χ1v) is 12.2. The number of carbonyl (C=O) groups is 1. The maximum Gasteiger partial charge on any atom is 0.315 e. The summed E-state index contributed by atoms with van der Waals surface area (Å²) in [6, 6.07) is 18.6. The molecule has 2 aromatic carbocycles. The first-order valence-electron chi connectivity index (χ1n) is 11.4. The van der Waals surface area contributed by atoms with Gasteiger partial charge in [0.05, 0.1) is 12.7 Å². The summed E-state index contributed by atoms with van der Waals surface area (Å²) in [5.74, 6) is -0.133. The predicted octanol–water partition coefficient (Wildman–Crippen LogP) is 5.63. The lowest BCUT2D eigenvalue weighted by atomic mass is 9.71. The summed E-state index contributed by atoms with van der Waals surface area (Å²) in [4.78, 5) is 15.8. The summed E-state index contributed by atoms with van der Waals surface area (Å²) < 4.78 is 13.1. The van der Waals surface area contributed by atoms with Gasteiger partial charge in [0.2, 0.25) is 0 Å². The molecule has 2 atom stereocenters. The summed E-state index contributed by atoms with van der Waals surface area (Å²) in [5, 5.41) is 0. The number of likely N-dealkylation sites (tertiary alicyclic amines) is 1. The van der Waals surface area contributed by atoms with Crippen LogP contribution in [-0.4, -0.2) is 43.3 Å². The molecule has 0 amide bonds. The molecule has 1 aliphatic heterocycles.